The highest BCUT2D eigenvalue weighted by atomic mass is 35.5. The molecule has 0 aliphatic rings. The second-order valence-corrected chi connectivity index (χ2v) is 5.68. The first-order valence-electron chi connectivity index (χ1n) is 6.53. The third-order valence-electron chi connectivity index (χ3n) is 2.72. The Bertz CT molecular complexity index is 713. The van der Waals surface area contributed by atoms with Crippen LogP contribution in [0.1, 0.15) is 0 Å². The van der Waals surface area contributed by atoms with Crippen molar-refractivity contribution in [3.63, 3.8) is 0 Å². The maximum Gasteiger partial charge on any atom is 0.319 e. The molecular weight excluding hydrogens is 366 g/mol. The van der Waals surface area contributed by atoms with Gasteiger partial charge in [0, 0.05) is 5.02 Å². The van der Waals surface area contributed by atoms with Crippen LogP contribution in [0.3, 0.4) is 0 Å². The summed E-state index contributed by atoms with van der Waals surface area (Å²) in [5, 5.41) is 6.15. The first-order chi connectivity index (χ1) is 11.0. The summed E-state index contributed by atoms with van der Waals surface area (Å²) < 4.78 is 18.2. The highest BCUT2D eigenvalue weighted by molar-refractivity contribution is 6.35. The fourth-order valence-corrected chi connectivity index (χ4v) is 2.24. The SMILES string of the molecule is O=C(NCCOc1ccc(F)cc1Cl)Nc1cc(Cl)ccc1Cl. The van der Waals surface area contributed by atoms with Crippen molar-refractivity contribution in [2.75, 3.05) is 18.5 Å². The van der Waals surface area contributed by atoms with Gasteiger partial charge in [-0.3, -0.25) is 0 Å². The number of nitrogens with one attached hydrogen (secondary N) is 2. The van der Waals surface area contributed by atoms with E-state index in [-0.39, 0.29) is 18.2 Å². The highest BCUT2D eigenvalue weighted by Gasteiger charge is 2.07. The lowest BCUT2D eigenvalue weighted by atomic mass is 10.3. The molecule has 4 nitrogen and oxygen atoms in total. The summed E-state index contributed by atoms with van der Waals surface area (Å²) in [7, 11) is 0. The summed E-state index contributed by atoms with van der Waals surface area (Å²) in [5.41, 5.74) is 0.402. The van der Waals surface area contributed by atoms with Crippen LogP contribution >= 0.6 is 34.8 Å². The first kappa shape index (κ1) is 17.7. The van der Waals surface area contributed by atoms with Crippen LogP contribution in [-0.4, -0.2) is 19.2 Å². The van der Waals surface area contributed by atoms with Gasteiger partial charge in [0.15, 0.2) is 0 Å². The van der Waals surface area contributed by atoms with Crippen LogP contribution in [-0.2, 0) is 0 Å². The van der Waals surface area contributed by atoms with E-state index in [0.717, 1.165) is 6.07 Å². The Hall–Kier alpha value is -1.69. The van der Waals surface area contributed by atoms with Crippen molar-refractivity contribution in [1.82, 2.24) is 5.32 Å². The minimum atomic E-state index is -0.456. The minimum absolute atomic E-state index is 0.167. The Balaban J connectivity index is 1.77. The number of anilines is 1. The Morgan fingerprint density at radius 2 is 1.87 bits per heavy atom. The zero-order valence-corrected chi connectivity index (χ0v) is 14.0. The summed E-state index contributed by atoms with van der Waals surface area (Å²) in [6, 6.07) is 8.09. The minimum Gasteiger partial charge on any atom is -0.490 e. The Labute approximate surface area is 147 Å². The number of ether oxygens (including phenoxy) is 1. The fourth-order valence-electron chi connectivity index (χ4n) is 1.68. The smallest absolute Gasteiger partial charge is 0.319 e. The molecule has 23 heavy (non-hydrogen) atoms. The van der Waals surface area contributed by atoms with Gasteiger partial charge in [0.2, 0.25) is 0 Å². The van der Waals surface area contributed by atoms with Gasteiger partial charge in [-0.15, -0.1) is 0 Å². The summed E-state index contributed by atoms with van der Waals surface area (Å²) in [6.45, 7) is 0.389. The predicted molar refractivity (Wildman–Crippen MR) is 90.4 cm³/mol. The number of rotatable bonds is 5. The number of amides is 2. The summed E-state index contributed by atoms with van der Waals surface area (Å²) >= 11 is 17.6. The molecule has 0 heterocycles. The Morgan fingerprint density at radius 1 is 1.09 bits per heavy atom. The first-order valence-corrected chi connectivity index (χ1v) is 7.67. The highest BCUT2D eigenvalue weighted by Crippen LogP contribution is 2.25. The van der Waals surface area contributed by atoms with Gasteiger partial charge < -0.3 is 15.4 Å². The van der Waals surface area contributed by atoms with E-state index in [1.165, 1.54) is 18.2 Å². The van der Waals surface area contributed by atoms with E-state index in [2.05, 4.69) is 10.6 Å². The van der Waals surface area contributed by atoms with E-state index in [1.54, 1.807) is 12.1 Å². The lowest BCUT2D eigenvalue weighted by molar-refractivity contribution is 0.247. The van der Waals surface area contributed by atoms with Crippen molar-refractivity contribution in [2.45, 2.75) is 0 Å². The third-order valence-corrected chi connectivity index (χ3v) is 3.58. The van der Waals surface area contributed by atoms with Crippen LogP contribution in [0, 0.1) is 5.82 Å². The van der Waals surface area contributed by atoms with E-state index in [4.69, 9.17) is 39.5 Å². The third kappa shape index (κ3) is 5.46. The van der Waals surface area contributed by atoms with E-state index >= 15 is 0 Å². The number of urea groups is 1. The molecule has 0 spiro atoms. The normalized spacial score (nSPS) is 10.3. The standard InChI is InChI=1S/C15H12Cl3FN2O2/c16-9-1-3-11(17)13(7-9)21-15(22)20-5-6-23-14-4-2-10(19)8-12(14)18/h1-4,7-8H,5-6H2,(H2,20,21,22). The van der Waals surface area contributed by atoms with E-state index in [1.807, 2.05) is 0 Å². The van der Waals surface area contributed by atoms with Gasteiger partial charge in [0.05, 0.1) is 22.3 Å². The number of carbonyl (C=O) groups excluding carboxylic acids is 1. The molecule has 8 heteroatoms. The van der Waals surface area contributed by atoms with Crippen LogP contribution < -0.4 is 15.4 Å². The molecule has 2 rings (SSSR count). The fraction of sp³-hybridized carbons (Fsp3) is 0.133. The molecule has 2 aromatic carbocycles. The van der Waals surface area contributed by atoms with E-state index in [0.29, 0.717) is 21.5 Å². The molecule has 0 unspecified atom stereocenters. The number of carbonyl (C=O) groups is 1. The molecule has 0 bridgehead atoms. The molecule has 2 aromatic rings. The average molecular weight is 378 g/mol. The van der Waals surface area contributed by atoms with Crippen LogP contribution in [0.15, 0.2) is 36.4 Å². The lowest BCUT2D eigenvalue weighted by Gasteiger charge is -2.11. The summed E-state index contributed by atoms with van der Waals surface area (Å²) in [6.07, 6.45) is 0. The molecule has 0 aromatic heterocycles. The van der Waals surface area contributed by atoms with E-state index in [9.17, 15) is 9.18 Å². The van der Waals surface area contributed by atoms with Crippen LogP contribution in [0.5, 0.6) is 5.75 Å². The predicted octanol–water partition coefficient (Wildman–Crippen LogP) is 4.99. The number of benzene rings is 2. The summed E-state index contributed by atoms with van der Waals surface area (Å²) in [5.74, 6) is -0.105. The number of hydrogen-bond acceptors (Lipinski definition) is 2. The number of hydrogen-bond donors (Lipinski definition) is 2. The van der Waals surface area contributed by atoms with Crippen molar-refractivity contribution in [2.24, 2.45) is 0 Å². The second kappa shape index (κ2) is 8.24. The van der Waals surface area contributed by atoms with Crippen molar-refractivity contribution in [1.29, 1.82) is 0 Å². The largest absolute Gasteiger partial charge is 0.490 e. The van der Waals surface area contributed by atoms with Crippen LogP contribution in [0.25, 0.3) is 0 Å². The zero-order valence-electron chi connectivity index (χ0n) is 11.7. The van der Waals surface area contributed by atoms with E-state index < -0.39 is 11.8 Å². The molecule has 0 saturated heterocycles. The molecule has 0 aliphatic carbocycles. The molecule has 2 amide bonds. The molecule has 122 valence electrons. The average Bonchev–Trinajstić information content (AvgIpc) is 2.49. The Morgan fingerprint density at radius 3 is 2.61 bits per heavy atom. The van der Waals surface area contributed by atoms with Crippen molar-refractivity contribution in [3.8, 4) is 5.75 Å². The van der Waals surface area contributed by atoms with Gasteiger partial charge in [-0.25, -0.2) is 9.18 Å². The quantitative estimate of drug-likeness (QED) is 0.722. The van der Waals surface area contributed by atoms with Crippen molar-refractivity contribution < 1.29 is 13.9 Å². The molecule has 0 saturated carbocycles. The lowest BCUT2D eigenvalue weighted by Crippen LogP contribution is -2.32. The van der Waals surface area contributed by atoms with Crippen LogP contribution in [0.2, 0.25) is 15.1 Å². The molecule has 0 radical (unpaired) electrons. The van der Waals surface area contributed by atoms with Gasteiger partial charge in [-0.05, 0) is 36.4 Å². The molecule has 0 aliphatic heterocycles. The monoisotopic (exact) mass is 376 g/mol. The van der Waals surface area contributed by atoms with Gasteiger partial charge >= 0.3 is 6.03 Å². The second-order valence-electron chi connectivity index (χ2n) is 4.43. The van der Waals surface area contributed by atoms with Gasteiger partial charge in [-0.2, -0.15) is 0 Å². The number of halogens is 4. The van der Waals surface area contributed by atoms with Crippen LogP contribution in [0.4, 0.5) is 14.9 Å². The summed E-state index contributed by atoms with van der Waals surface area (Å²) in [4.78, 5) is 11.7. The van der Waals surface area contributed by atoms with Gasteiger partial charge in [0.1, 0.15) is 18.2 Å². The topological polar surface area (TPSA) is 50.4 Å². The maximum atomic E-state index is 12.9. The molecule has 2 N–H and O–H groups in total. The van der Waals surface area contributed by atoms with Crippen molar-refractivity contribution in [3.05, 3.63) is 57.3 Å². The zero-order chi connectivity index (χ0) is 16.8. The van der Waals surface area contributed by atoms with Gasteiger partial charge in [-0.1, -0.05) is 34.8 Å². The maximum absolute atomic E-state index is 12.9. The molecule has 0 atom stereocenters. The molecule has 0 fully saturated rings. The van der Waals surface area contributed by atoms with Gasteiger partial charge in [0.25, 0.3) is 0 Å². The Kier molecular flexibility index (Phi) is 6.33. The van der Waals surface area contributed by atoms with Crippen molar-refractivity contribution >= 4 is 46.5 Å². The molecular formula is C15H12Cl3FN2O2.